The van der Waals surface area contributed by atoms with Gasteiger partial charge in [0.15, 0.2) is 5.82 Å². The topological polar surface area (TPSA) is 124 Å². The van der Waals surface area contributed by atoms with Crippen LogP contribution in [0.1, 0.15) is 0 Å². The van der Waals surface area contributed by atoms with Crippen molar-refractivity contribution in [2.45, 2.75) is 4.90 Å². The highest BCUT2D eigenvalue weighted by molar-refractivity contribution is 7.89. The summed E-state index contributed by atoms with van der Waals surface area (Å²) in [4.78, 5) is 0.0277. The summed E-state index contributed by atoms with van der Waals surface area (Å²) in [5.41, 5.74) is 8.43. The van der Waals surface area contributed by atoms with Crippen molar-refractivity contribution in [3.8, 4) is 11.3 Å². The maximum atomic E-state index is 11.7. The van der Waals surface area contributed by atoms with Crippen LogP contribution in [0.25, 0.3) is 22.0 Å². The number of nitrogens with zero attached hydrogens (tertiary/aromatic N) is 2. The quantitative estimate of drug-likeness (QED) is 0.459. The number of rotatable bonds is 4. The normalized spacial score (nSPS) is 11.5. The third-order valence-electron chi connectivity index (χ3n) is 4.30. The molecule has 0 saturated carbocycles. The molecule has 1 heterocycles. The standard InChI is InChI=1S/C20H17N5O2S/c21-14-8-10-15(11-9-14)23-20-18-7-2-1-6-17(18)19(24-25-20)13-4-3-5-16(12-13)28(22,26)27/h1-12H,21H2,(H,23,25)(H2,22,26,27). The second kappa shape index (κ2) is 6.91. The fourth-order valence-electron chi connectivity index (χ4n) is 2.93. The van der Waals surface area contributed by atoms with Crippen LogP contribution < -0.4 is 16.2 Å². The smallest absolute Gasteiger partial charge is 0.238 e. The molecule has 3 aromatic carbocycles. The van der Waals surface area contributed by atoms with Crippen molar-refractivity contribution in [1.82, 2.24) is 10.2 Å². The van der Waals surface area contributed by atoms with E-state index in [2.05, 4.69) is 15.5 Å². The molecular weight excluding hydrogens is 374 g/mol. The van der Waals surface area contributed by atoms with Crippen LogP contribution in [0.2, 0.25) is 0 Å². The molecular formula is C20H17N5O2S. The summed E-state index contributed by atoms with van der Waals surface area (Å²) in [5, 5.41) is 18.8. The lowest BCUT2D eigenvalue weighted by Crippen LogP contribution is -2.12. The van der Waals surface area contributed by atoms with Gasteiger partial charge < -0.3 is 11.1 Å². The summed E-state index contributed by atoms with van der Waals surface area (Å²) >= 11 is 0. The van der Waals surface area contributed by atoms with Crippen molar-refractivity contribution in [1.29, 1.82) is 0 Å². The Hall–Kier alpha value is -3.49. The highest BCUT2D eigenvalue weighted by Crippen LogP contribution is 2.31. The Labute approximate surface area is 162 Å². The Morgan fingerprint density at radius 2 is 1.54 bits per heavy atom. The predicted octanol–water partition coefficient (Wildman–Crippen LogP) is 3.27. The number of hydrogen-bond donors (Lipinski definition) is 3. The Morgan fingerprint density at radius 3 is 2.25 bits per heavy atom. The van der Waals surface area contributed by atoms with Crippen LogP contribution >= 0.6 is 0 Å². The predicted molar refractivity (Wildman–Crippen MR) is 110 cm³/mol. The van der Waals surface area contributed by atoms with Gasteiger partial charge in [0.05, 0.1) is 4.90 Å². The monoisotopic (exact) mass is 391 g/mol. The zero-order valence-corrected chi connectivity index (χ0v) is 15.5. The molecule has 0 fully saturated rings. The summed E-state index contributed by atoms with van der Waals surface area (Å²) < 4.78 is 23.4. The van der Waals surface area contributed by atoms with E-state index in [-0.39, 0.29) is 4.90 Å². The van der Waals surface area contributed by atoms with E-state index in [1.165, 1.54) is 12.1 Å². The summed E-state index contributed by atoms with van der Waals surface area (Å²) in [6.07, 6.45) is 0. The van der Waals surface area contributed by atoms with Crippen LogP contribution in [-0.2, 0) is 10.0 Å². The molecule has 28 heavy (non-hydrogen) atoms. The molecule has 0 aliphatic rings. The number of nitrogens with one attached hydrogen (secondary N) is 1. The van der Waals surface area contributed by atoms with Gasteiger partial charge in [-0.3, -0.25) is 0 Å². The number of hydrogen-bond acceptors (Lipinski definition) is 6. The molecule has 5 N–H and O–H groups in total. The Kier molecular flexibility index (Phi) is 4.42. The molecule has 0 amide bonds. The molecule has 0 aliphatic heterocycles. The molecule has 8 heteroatoms. The summed E-state index contributed by atoms with van der Waals surface area (Å²) in [5.74, 6) is 0.590. The van der Waals surface area contributed by atoms with Crippen molar-refractivity contribution in [2.24, 2.45) is 5.14 Å². The van der Waals surface area contributed by atoms with Gasteiger partial charge in [-0.2, -0.15) is 0 Å². The third kappa shape index (κ3) is 3.51. The van der Waals surface area contributed by atoms with E-state index in [1.807, 2.05) is 36.4 Å². The minimum atomic E-state index is -3.81. The average Bonchev–Trinajstić information content (AvgIpc) is 2.69. The SMILES string of the molecule is Nc1ccc(Nc2nnc(-c3cccc(S(N)(=O)=O)c3)c3ccccc23)cc1. The second-order valence-electron chi connectivity index (χ2n) is 6.26. The molecule has 4 aromatic rings. The number of sulfonamides is 1. The minimum Gasteiger partial charge on any atom is -0.399 e. The lowest BCUT2D eigenvalue weighted by Gasteiger charge is -2.12. The van der Waals surface area contributed by atoms with Gasteiger partial charge in [0.25, 0.3) is 0 Å². The van der Waals surface area contributed by atoms with Crippen molar-refractivity contribution >= 4 is 38.0 Å². The number of primary sulfonamides is 1. The van der Waals surface area contributed by atoms with E-state index in [0.717, 1.165) is 16.5 Å². The first kappa shape index (κ1) is 17.9. The van der Waals surface area contributed by atoms with Crippen molar-refractivity contribution in [3.63, 3.8) is 0 Å². The molecule has 0 spiro atoms. The fourth-order valence-corrected chi connectivity index (χ4v) is 3.49. The third-order valence-corrected chi connectivity index (χ3v) is 5.21. The highest BCUT2D eigenvalue weighted by Gasteiger charge is 2.14. The summed E-state index contributed by atoms with van der Waals surface area (Å²) in [6, 6.07) is 21.3. The van der Waals surface area contributed by atoms with Gasteiger partial charge in [-0.1, -0.05) is 36.4 Å². The van der Waals surface area contributed by atoms with Crippen molar-refractivity contribution < 1.29 is 8.42 Å². The van der Waals surface area contributed by atoms with E-state index in [0.29, 0.717) is 22.8 Å². The first-order chi connectivity index (χ1) is 13.4. The summed E-state index contributed by atoms with van der Waals surface area (Å²) in [7, 11) is -3.81. The Bertz CT molecular complexity index is 1270. The number of benzene rings is 3. The molecule has 0 aliphatic carbocycles. The van der Waals surface area contributed by atoms with E-state index < -0.39 is 10.0 Å². The highest BCUT2D eigenvalue weighted by atomic mass is 32.2. The van der Waals surface area contributed by atoms with Gasteiger partial charge in [0.2, 0.25) is 10.0 Å². The maximum Gasteiger partial charge on any atom is 0.238 e. The molecule has 1 aromatic heterocycles. The molecule has 0 unspecified atom stereocenters. The van der Waals surface area contributed by atoms with E-state index in [1.54, 1.807) is 24.3 Å². The lowest BCUT2D eigenvalue weighted by atomic mass is 10.0. The van der Waals surface area contributed by atoms with Crippen LogP contribution in [0.15, 0.2) is 77.7 Å². The van der Waals surface area contributed by atoms with Gasteiger partial charge in [-0.15, -0.1) is 10.2 Å². The van der Waals surface area contributed by atoms with E-state index >= 15 is 0 Å². The second-order valence-corrected chi connectivity index (χ2v) is 7.82. The molecule has 4 rings (SSSR count). The molecule has 0 radical (unpaired) electrons. The first-order valence-electron chi connectivity index (χ1n) is 8.43. The van der Waals surface area contributed by atoms with Crippen LogP contribution in [0.4, 0.5) is 17.2 Å². The van der Waals surface area contributed by atoms with Crippen LogP contribution in [0, 0.1) is 0 Å². The maximum absolute atomic E-state index is 11.7. The largest absolute Gasteiger partial charge is 0.399 e. The average molecular weight is 391 g/mol. The number of nitrogen functional groups attached to an aromatic ring is 1. The first-order valence-corrected chi connectivity index (χ1v) is 9.98. The number of fused-ring (bicyclic) bond motifs is 1. The lowest BCUT2D eigenvalue weighted by molar-refractivity contribution is 0.598. The number of aromatic nitrogens is 2. The molecule has 7 nitrogen and oxygen atoms in total. The van der Waals surface area contributed by atoms with E-state index in [4.69, 9.17) is 10.9 Å². The van der Waals surface area contributed by atoms with Gasteiger partial charge >= 0.3 is 0 Å². The molecule has 0 saturated heterocycles. The summed E-state index contributed by atoms with van der Waals surface area (Å²) in [6.45, 7) is 0. The van der Waals surface area contributed by atoms with Crippen LogP contribution in [0.5, 0.6) is 0 Å². The van der Waals surface area contributed by atoms with Crippen LogP contribution in [0.3, 0.4) is 0 Å². The van der Waals surface area contributed by atoms with Gasteiger partial charge in [-0.25, -0.2) is 13.6 Å². The Morgan fingerprint density at radius 1 is 0.821 bits per heavy atom. The fraction of sp³-hybridized carbons (Fsp3) is 0. The van der Waals surface area contributed by atoms with Gasteiger partial charge in [-0.05, 0) is 36.4 Å². The number of nitrogens with two attached hydrogens (primary N) is 2. The van der Waals surface area contributed by atoms with Gasteiger partial charge in [0.1, 0.15) is 5.69 Å². The molecule has 140 valence electrons. The van der Waals surface area contributed by atoms with Crippen molar-refractivity contribution in [3.05, 3.63) is 72.8 Å². The minimum absolute atomic E-state index is 0.0277. The zero-order chi connectivity index (χ0) is 19.7. The van der Waals surface area contributed by atoms with Gasteiger partial charge in [0, 0.05) is 27.7 Å². The van der Waals surface area contributed by atoms with E-state index in [9.17, 15) is 8.42 Å². The Balaban J connectivity index is 1.83. The zero-order valence-electron chi connectivity index (χ0n) is 14.7. The van der Waals surface area contributed by atoms with Crippen LogP contribution in [-0.4, -0.2) is 18.6 Å². The molecule has 0 bridgehead atoms. The molecule has 0 atom stereocenters. The van der Waals surface area contributed by atoms with Crippen molar-refractivity contribution in [2.75, 3.05) is 11.1 Å². The number of anilines is 3.